The van der Waals surface area contributed by atoms with Gasteiger partial charge in [-0.3, -0.25) is 20.2 Å². The van der Waals surface area contributed by atoms with Crippen molar-refractivity contribution in [2.45, 2.75) is 44.1 Å². The zero-order valence-corrected chi connectivity index (χ0v) is 15.8. The number of hydrogen-bond acceptors (Lipinski definition) is 4. The van der Waals surface area contributed by atoms with Gasteiger partial charge < -0.3 is 5.32 Å². The summed E-state index contributed by atoms with van der Waals surface area (Å²) in [5, 5.41) is 17.4. The maximum atomic E-state index is 12.2. The first-order valence-electron chi connectivity index (χ1n) is 9.46. The summed E-state index contributed by atoms with van der Waals surface area (Å²) in [5.74, 6) is 2.08. The van der Waals surface area contributed by atoms with Gasteiger partial charge in [0.2, 0.25) is 5.91 Å². The lowest BCUT2D eigenvalue weighted by Crippen LogP contribution is -2.61. The van der Waals surface area contributed by atoms with E-state index in [9.17, 15) is 14.9 Å². The number of nitro groups is 1. The summed E-state index contributed by atoms with van der Waals surface area (Å²) in [5.41, 5.74) is 0.652. The Bertz CT molecular complexity index is 785. The molecule has 142 valence electrons. The van der Waals surface area contributed by atoms with Crippen LogP contribution in [-0.4, -0.2) is 21.5 Å². The van der Waals surface area contributed by atoms with E-state index in [0.29, 0.717) is 10.7 Å². The molecule has 0 saturated heterocycles. The van der Waals surface area contributed by atoms with Crippen molar-refractivity contribution in [3.8, 4) is 0 Å². The van der Waals surface area contributed by atoms with Gasteiger partial charge in [-0.25, -0.2) is 0 Å². The molecule has 0 radical (unpaired) electrons. The fourth-order valence-electron chi connectivity index (χ4n) is 5.60. The Labute approximate surface area is 163 Å². The average molecular weight is 385 g/mol. The van der Waals surface area contributed by atoms with E-state index < -0.39 is 4.92 Å². The Morgan fingerprint density at radius 3 is 2.41 bits per heavy atom. The number of non-ortho nitro benzene ring substituents is 1. The number of hydrogen-bond donors (Lipinski definition) is 2. The van der Waals surface area contributed by atoms with Crippen molar-refractivity contribution in [3.05, 3.63) is 46.0 Å². The number of benzene rings is 1. The van der Waals surface area contributed by atoms with Crippen LogP contribution in [0.25, 0.3) is 6.08 Å². The zero-order chi connectivity index (χ0) is 19.0. The summed E-state index contributed by atoms with van der Waals surface area (Å²) in [6, 6.07) is 6.15. The number of nitrogens with one attached hydrogen (secondary N) is 2. The molecule has 27 heavy (non-hydrogen) atoms. The van der Waals surface area contributed by atoms with Gasteiger partial charge >= 0.3 is 0 Å². The van der Waals surface area contributed by atoms with Crippen molar-refractivity contribution in [2.24, 2.45) is 17.8 Å². The van der Waals surface area contributed by atoms with Gasteiger partial charge in [0.1, 0.15) is 0 Å². The Morgan fingerprint density at radius 1 is 1.19 bits per heavy atom. The van der Waals surface area contributed by atoms with Gasteiger partial charge in [-0.1, -0.05) is 12.1 Å². The summed E-state index contributed by atoms with van der Waals surface area (Å²) >= 11 is 5.39. The van der Waals surface area contributed by atoms with E-state index in [1.807, 2.05) is 0 Å². The Morgan fingerprint density at radius 2 is 1.81 bits per heavy atom. The molecule has 0 unspecified atom stereocenters. The monoisotopic (exact) mass is 385 g/mol. The maximum Gasteiger partial charge on any atom is 0.270 e. The predicted molar refractivity (Wildman–Crippen MR) is 107 cm³/mol. The lowest BCUT2D eigenvalue weighted by molar-refractivity contribution is -0.384. The van der Waals surface area contributed by atoms with Crippen molar-refractivity contribution in [1.29, 1.82) is 0 Å². The number of amides is 1. The summed E-state index contributed by atoms with van der Waals surface area (Å²) in [6.45, 7) is 0. The minimum atomic E-state index is -0.456. The van der Waals surface area contributed by atoms with Gasteiger partial charge in [0, 0.05) is 23.7 Å². The lowest BCUT2D eigenvalue weighted by atomic mass is 9.53. The normalized spacial score (nSPS) is 31.0. The molecule has 4 aliphatic rings. The van der Waals surface area contributed by atoms with E-state index in [0.717, 1.165) is 37.0 Å². The highest BCUT2D eigenvalue weighted by molar-refractivity contribution is 7.80. The number of carbonyl (C=O) groups excluding carboxylic acids is 1. The molecule has 1 aromatic carbocycles. The highest BCUT2D eigenvalue weighted by atomic mass is 32.1. The molecule has 0 atom stereocenters. The van der Waals surface area contributed by atoms with Crippen molar-refractivity contribution in [1.82, 2.24) is 10.6 Å². The Kier molecular flexibility index (Phi) is 4.72. The Balaban J connectivity index is 1.34. The third-order valence-electron chi connectivity index (χ3n) is 6.16. The van der Waals surface area contributed by atoms with Crippen LogP contribution in [0.4, 0.5) is 5.69 Å². The topological polar surface area (TPSA) is 84.3 Å². The zero-order valence-electron chi connectivity index (χ0n) is 15.0. The van der Waals surface area contributed by atoms with Crippen molar-refractivity contribution in [3.63, 3.8) is 0 Å². The minimum absolute atomic E-state index is 0.00318. The first-order valence-corrected chi connectivity index (χ1v) is 9.87. The molecule has 4 bridgehead atoms. The number of rotatable bonds is 4. The van der Waals surface area contributed by atoms with E-state index >= 15 is 0 Å². The van der Waals surface area contributed by atoms with E-state index in [4.69, 9.17) is 12.2 Å². The van der Waals surface area contributed by atoms with Crippen LogP contribution in [0, 0.1) is 27.9 Å². The molecular weight excluding hydrogens is 362 g/mol. The van der Waals surface area contributed by atoms with Gasteiger partial charge in [-0.2, -0.15) is 0 Å². The van der Waals surface area contributed by atoms with Crippen LogP contribution in [0.5, 0.6) is 0 Å². The fraction of sp³-hybridized carbons (Fsp3) is 0.500. The van der Waals surface area contributed by atoms with Crippen LogP contribution in [0.15, 0.2) is 30.3 Å². The first-order chi connectivity index (χ1) is 12.9. The highest BCUT2D eigenvalue weighted by Crippen LogP contribution is 2.55. The van der Waals surface area contributed by atoms with Crippen LogP contribution in [0.2, 0.25) is 0 Å². The van der Waals surface area contributed by atoms with Crippen molar-refractivity contribution in [2.75, 3.05) is 0 Å². The van der Waals surface area contributed by atoms with E-state index in [-0.39, 0.29) is 17.1 Å². The molecule has 7 heteroatoms. The van der Waals surface area contributed by atoms with Gasteiger partial charge in [0.05, 0.1) is 4.92 Å². The van der Waals surface area contributed by atoms with Crippen LogP contribution >= 0.6 is 12.2 Å². The molecule has 4 saturated carbocycles. The summed E-state index contributed by atoms with van der Waals surface area (Å²) < 4.78 is 0. The molecular formula is C20H23N3O3S. The third-order valence-corrected chi connectivity index (χ3v) is 6.37. The SMILES string of the molecule is O=C(/C=C/c1cccc([N+](=O)[O-])c1)NC(=S)NC12CC3CC(CC(C3)C1)C2. The molecule has 1 aromatic rings. The number of thiocarbonyl (C=S) groups is 1. The van der Waals surface area contributed by atoms with Gasteiger partial charge in [-0.15, -0.1) is 0 Å². The van der Waals surface area contributed by atoms with E-state index in [1.54, 1.807) is 18.2 Å². The summed E-state index contributed by atoms with van der Waals surface area (Å²) in [6.07, 6.45) is 10.4. The summed E-state index contributed by atoms with van der Waals surface area (Å²) in [7, 11) is 0. The average Bonchev–Trinajstić information content (AvgIpc) is 2.58. The van der Waals surface area contributed by atoms with E-state index in [1.165, 1.54) is 37.5 Å². The predicted octanol–water partition coefficient (Wildman–Crippen LogP) is 3.57. The van der Waals surface area contributed by atoms with Gasteiger partial charge in [-0.05, 0) is 80.1 Å². The van der Waals surface area contributed by atoms with E-state index in [2.05, 4.69) is 10.6 Å². The standard InChI is InChI=1S/C20H23N3O3S/c24-18(5-4-13-2-1-3-17(9-13)23(25)26)21-19(27)22-20-10-14-6-15(11-20)8-16(7-14)12-20/h1-5,9,14-16H,6-8,10-12H2,(H2,21,22,24,27)/b5-4+. The first kappa shape index (κ1) is 18.1. The van der Waals surface area contributed by atoms with Crippen molar-refractivity contribution < 1.29 is 9.72 Å². The highest BCUT2D eigenvalue weighted by Gasteiger charge is 2.51. The smallest absolute Gasteiger partial charge is 0.270 e. The third kappa shape index (κ3) is 4.03. The van der Waals surface area contributed by atoms with Crippen LogP contribution in [0.1, 0.15) is 44.1 Å². The second-order valence-corrected chi connectivity index (χ2v) is 8.73. The van der Waals surface area contributed by atoms with Crippen LogP contribution in [-0.2, 0) is 4.79 Å². The van der Waals surface area contributed by atoms with Gasteiger partial charge in [0.15, 0.2) is 5.11 Å². The molecule has 0 heterocycles. The molecule has 5 rings (SSSR count). The van der Waals surface area contributed by atoms with Crippen LogP contribution in [0.3, 0.4) is 0 Å². The largest absolute Gasteiger partial charge is 0.357 e. The van der Waals surface area contributed by atoms with Crippen LogP contribution < -0.4 is 10.6 Å². The number of nitrogens with zero attached hydrogens (tertiary/aromatic N) is 1. The second kappa shape index (κ2) is 7.03. The molecule has 0 aromatic heterocycles. The summed E-state index contributed by atoms with van der Waals surface area (Å²) in [4.78, 5) is 22.5. The quantitative estimate of drug-likeness (QED) is 0.358. The second-order valence-electron chi connectivity index (χ2n) is 8.33. The Hall–Kier alpha value is -2.28. The molecule has 0 aliphatic heterocycles. The number of nitro benzene ring substituents is 1. The molecule has 4 aliphatic carbocycles. The molecule has 2 N–H and O–H groups in total. The van der Waals surface area contributed by atoms with Gasteiger partial charge in [0.25, 0.3) is 5.69 Å². The number of carbonyl (C=O) groups is 1. The van der Waals surface area contributed by atoms with Crippen molar-refractivity contribution >= 4 is 35.0 Å². The molecule has 4 fully saturated rings. The maximum absolute atomic E-state index is 12.2. The minimum Gasteiger partial charge on any atom is -0.357 e. The molecule has 1 amide bonds. The lowest BCUT2D eigenvalue weighted by Gasteiger charge is -2.57. The molecule has 6 nitrogen and oxygen atoms in total. The fourth-order valence-corrected chi connectivity index (χ4v) is 5.92. The molecule has 0 spiro atoms.